The highest BCUT2D eigenvalue weighted by molar-refractivity contribution is 7.12. The quantitative estimate of drug-likeness (QED) is 0.261. The molecule has 138 valence electrons. The first-order valence-electron chi connectivity index (χ1n) is 8.06. The van der Waals surface area contributed by atoms with Crippen molar-refractivity contribution < 1.29 is 14.3 Å². The lowest BCUT2D eigenvalue weighted by Gasteiger charge is -2.09. The van der Waals surface area contributed by atoms with E-state index in [1.165, 1.54) is 18.4 Å². The van der Waals surface area contributed by atoms with Gasteiger partial charge in [-0.15, -0.1) is 11.3 Å². The number of aryl methyl sites for hydroxylation is 1. The van der Waals surface area contributed by atoms with Crippen molar-refractivity contribution in [3.63, 3.8) is 0 Å². The summed E-state index contributed by atoms with van der Waals surface area (Å²) in [7, 11) is 1.52. The maximum atomic E-state index is 12.1. The first-order valence-corrected chi connectivity index (χ1v) is 9.31. The molecular formula is C20H17ClN2O3S. The van der Waals surface area contributed by atoms with Crippen molar-refractivity contribution in [1.82, 2.24) is 0 Å². The van der Waals surface area contributed by atoms with Crippen molar-refractivity contribution in [2.24, 2.45) is 5.10 Å². The molecule has 0 amide bonds. The van der Waals surface area contributed by atoms with Crippen LogP contribution in [0.3, 0.4) is 0 Å². The smallest absolute Gasteiger partial charge is 0.353 e. The minimum absolute atomic E-state index is 0.353. The van der Waals surface area contributed by atoms with Crippen LogP contribution in [0, 0.1) is 6.92 Å². The molecule has 0 radical (unpaired) electrons. The average Bonchev–Trinajstić information content (AvgIpc) is 3.20. The van der Waals surface area contributed by atoms with Gasteiger partial charge in [0.1, 0.15) is 4.88 Å². The summed E-state index contributed by atoms with van der Waals surface area (Å²) >= 11 is 7.42. The van der Waals surface area contributed by atoms with Crippen molar-refractivity contribution >= 4 is 40.8 Å². The highest BCUT2D eigenvalue weighted by Crippen LogP contribution is 2.29. The van der Waals surface area contributed by atoms with Crippen LogP contribution >= 0.6 is 22.9 Å². The first kappa shape index (κ1) is 18.9. The van der Waals surface area contributed by atoms with Gasteiger partial charge in [0.25, 0.3) is 0 Å². The van der Waals surface area contributed by atoms with Crippen LogP contribution in [0.1, 0.15) is 20.8 Å². The van der Waals surface area contributed by atoms with E-state index in [4.69, 9.17) is 21.1 Å². The van der Waals surface area contributed by atoms with Crippen LogP contribution in [0.5, 0.6) is 11.5 Å². The lowest BCUT2D eigenvalue weighted by atomic mass is 10.2. The third kappa shape index (κ3) is 4.87. The standard InChI is InChI=1S/C20H17ClN2O3S/c1-13-5-7-15(11-16(13)21)23-22-12-14-6-8-17(18(10-14)25-2)26-20(24)19-4-3-9-27-19/h3-12,23H,1-2H3/b22-12-. The lowest BCUT2D eigenvalue weighted by molar-refractivity contribution is 0.0735. The molecule has 0 spiro atoms. The predicted molar refractivity (Wildman–Crippen MR) is 110 cm³/mol. The van der Waals surface area contributed by atoms with Gasteiger partial charge in [-0.2, -0.15) is 5.10 Å². The number of rotatable bonds is 6. The van der Waals surface area contributed by atoms with Gasteiger partial charge in [0.05, 0.1) is 19.0 Å². The van der Waals surface area contributed by atoms with Crippen LogP contribution in [-0.4, -0.2) is 19.3 Å². The largest absolute Gasteiger partial charge is 0.493 e. The molecule has 0 atom stereocenters. The second-order valence-electron chi connectivity index (χ2n) is 5.61. The van der Waals surface area contributed by atoms with E-state index < -0.39 is 5.97 Å². The van der Waals surface area contributed by atoms with Crippen LogP contribution in [0.15, 0.2) is 59.0 Å². The summed E-state index contributed by atoms with van der Waals surface area (Å²) < 4.78 is 10.7. The van der Waals surface area contributed by atoms with E-state index in [1.54, 1.807) is 36.5 Å². The minimum Gasteiger partial charge on any atom is -0.493 e. The Morgan fingerprint density at radius 2 is 2.04 bits per heavy atom. The van der Waals surface area contributed by atoms with Crippen LogP contribution in [0.4, 0.5) is 5.69 Å². The molecule has 0 unspecified atom stereocenters. The molecule has 7 heteroatoms. The number of halogens is 1. The second-order valence-corrected chi connectivity index (χ2v) is 6.97. The number of esters is 1. The van der Waals surface area contributed by atoms with Crippen LogP contribution < -0.4 is 14.9 Å². The minimum atomic E-state index is -0.414. The topological polar surface area (TPSA) is 59.9 Å². The number of nitrogens with zero attached hydrogens (tertiary/aromatic N) is 1. The average molecular weight is 401 g/mol. The van der Waals surface area contributed by atoms with Gasteiger partial charge in [-0.1, -0.05) is 23.7 Å². The van der Waals surface area contributed by atoms with E-state index in [2.05, 4.69) is 10.5 Å². The van der Waals surface area contributed by atoms with Crippen molar-refractivity contribution in [3.8, 4) is 11.5 Å². The summed E-state index contributed by atoms with van der Waals surface area (Å²) in [4.78, 5) is 12.6. The summed E-state index contributed by atoms with van der Waals surface area (Å²) in [5, 5.41) is 6.69. The van der Waals surface area contributed by atoms with E-state index in [1.807, 2.05) is 30.5 Å². The Morgan fingerprint density at radius 3 is 2.74 bits per heavy atom. The van der Waals surface area contributed by atoms with Gasteiger partial charge in [0.15, 0.2) is 11.5 Å². The summed E-state index contributed by atoms with van der Waals surface area (Å²) in [6.07, 6.45) is 1.64. The zero-order valence-corrected chi connectivity index (χ0v) is 16.3. The van der Waals surface area contributed by atoms with Gasteiger partial charge < -0.3 is 9.47 Å². The van der Waals surface area contributed by atoms with Crippen molar-refractivity contribution in [2.45, 2.75) is 6.92 Å². The zero-order valence-electron chi connectivity index (χ0n) is 14.7. The van der Waals surface area contributed by atoms with E-state index in [-0.39, 0.29) is 0 Å². The number of benzene rings is 2. The van der Waals surface area contributed by atoms with E-state index in [9.17, 15) is 4.79 Å². The molecule has 3 rings (SSSR count). The molecule has 0 saturated carbocycles. The summed E-state index contributed by atoms with van der Waals surface area (Å²) in [6, 6.07) is 14.3. The summed E-state index contributed by atoms with van der Waals surface area (Å²) in [6.45, 7) is 1.94. The summed E-state index contributed by atoms with van der Waals surface area (Å²) in [5.41, 5.74) is 5.50. The Morgan fingerprint density at radius 1 is 1.19 bits per heavy atom. The number of methoxy groups -OCH3 is 1. The van der Waals surface area contributed by atoms with Crippen LogP contribution in [0.2, 0.25) is 5.02 Å². The Balaban J connectivity index is 1.69. The van der Waals surface area contributed by atoms with E-state index >= 15 is 0 Å². The fourth-order valence-electron chi connectivity index (χ4n) is 2.24. The Kier molecular flexibility index (Phi) is 6.11. The molecule has 3 aromatic rings. The third-order valence-electron chi connectivity index (χ3n) is 3.69. The highest BCUT2D eigenvalue weighted by Gasteiger charge is 2.13. The SMILES string of the molecule is COc1cc(/C=N\Nc2ccc(C)c(Cl)c2)ccc1OC(=O)c1cccs1. The number of carbonyl (C=O) groups excluding carboxylic acids is 1. The highest BCUT2D eigenvalue weighted by atomic mass is 35.5. The van der Waals surface area contributed by atoms with Gasteiger partial charge >= 0.3 is 5.97 Å². The lowest BCUT2D eigenvalue weighted by Crippen LogP contribution is -2.07. The van der Waals surface area contributed by atoms with Gasteiger partial charge in [0.2, 0.25) is 0 Å². The monoisotopic (exact) mass is 400 g/mol. The number of hydrogen-bond acceptors (Lipinski definition) is 6. The molecule has 0 bridgehead atoms. The number of anilines is 1. The predicted octanol–water partition coefficient (Wildman–Crippen LogP) is 5.38. The van der Waals surface area contributed by atoms with Crippen LogP contribution in [0.25, 0.3) is 0 Å². The number of thiophene rings is 1. The molecular weight excluding hydrogens is 384 g/mol. The number of nitrogens with one attached hydrogen (secondary N) is 1. The van der Waals surface area contributed by atoms with E-state index in [0.717, 1.165) is 16.8 Å². The normalized spacial score (nSPS) is 10.8. The van der Waals surface area contributed by atoms with Gasteiger partial charge in [-0.3, -0.25) is 5.43 Å². The second kappa shape index (κ2) is 8.70. The molecule has 1 heterocycles. The zero-order chi connectivity index (χ0) is 19.2. The molecule has 0 aliphatic carbocycles. The fourth-order valence-corrected chi connectivity index (χ4v) is 3.02. The molecule has 0 aliphatic heterocycles. The first-order chi connectivity index (χ1) is 13.1. The molecule has 0 saturated heterocycles. The fraction of sp³-hybridized carbons (Fsp3) is 0.100. The number of ether oxygens (including phenoxy) is 2. The van der Waals surface area contributed by atoms with Crippen molar-refractivity contribution in [3.05, 3.63) is 74.9 Å². The molecule has 0 aliphatic rings. The van der Waals surface area contributed by atoms with Gasteiger partial charge in [0, 0.05) is 5.02 Å². The molecule has 1 aromatic heterocycles. The maximum absolute atomic E-state index is 12.1. The summed E-state index contributed by atoms with van der Waals surface area (Å²) in [5.74, 6) is 0.385. The molecule has 2 aromatic carbocycles. The Hall–Kier alpha value is -2.83. The Labute approximate surface area is 166 Å². The maximum Gasteiger partial charge on any atom is 0.353 e. The number of hydrogen-bond donors (Lipinski definition) is 1. The van der Waals surface area contributed by atoms with Crippen molar-refractivity contribution in [1.29, 1.82) is 0 Å². The molecule has 0 fully saturated rings. The third-order valence-corrected chi connectivity index (χ3v) is 4.95. The van der Waals surface area contributed by atoms with E-state index in [0.29, 0.717) is 21.4 Å². The Bertz CT molecular complexity index is 971. The number of hydrazone groups is 1. The van der Waals surface area contributed by atoms with Crippen LogP contribution in [-0.2, 0) is 0 Å². The molecule has 5 nitrogen and oxygen atoms in total. The molecule has 1 N–H and O–H groups in total. The molecule has 27 heavy (non-hydrogen) atoms. The van der Waals surface area contributed by atoms with Crippen molar-refractivity contribution in [2.75, 3.05) is 12.5 Å². The van der Waals surface area contributed by atoms with Gasteiger partial charge in [-0.25, -0.2) is 4.79 Å². The van der Waals surface area contributed by atoms with Gasteiger partial charge in [-0.05, 0) is 59.8 Å². The number of carbonyl (C=O) groups is 1.